The van der Waals surface area contributed by atoms with Crippen LogP contribution in [-0.2, 0) is 11.3 Å². The van der Waals surface area contributed by atoms with Crippen molar-refractivity contribution >= 4 is 22.9 Å². The van der Waals surface area contributed by atoms with E-state index in [4.69, 9.17) is 5.11 Å². The third-order valence-electron chi connectivity index (χ3n) is 3.73. The lowest BCUT2D eigenvalue weighted by molar-refractivity contribution is -0.138. The van der Waals surface area contributed by atoms with Crippen molar-refractivity contribution in [3.8, 4) is 0 Å². The predicted molar refractivity (Wildman–Crippen MR) is 84.9 cm³/mol. The number of para-hydroxylation sites is 1. The van der Waals surface area contributed by atoms with E-state index in [2.05, 4.69) is 28.1 Å². The predicted octanol–water partition coefficient (Wildman–Crippen LogP) is 2.06. The second kappa shape index (κ2) is 6.51. The van der Waals surface area contributed by atoms with Gasteiger partial charge in [-0.2, -0.15) is 0 Å². The number of hydrogen-bond acceptors (Lipinski definition) is 2. The standard InChI is InChI=1S/C16H21N3O3/c1-11-10-13-6-4-5-7-14(13)19(11)9-8-18(3)16(22)17-12(2)15(20)21/h4-7,10,12H,8-9H2,1-3H3,(H,17,22)(H,20,21). The van der Waals surface area contributed by atoms with Gasteiger partial charge < -0.3 is 19.9 Å². The zero-order valence-corrected chi connectivity index (χ0v) is 13.0. The SMILES string of the molecule is Cc1cc2ccccc2n1CCN(C)C(=O)NC(C)C(=O)O. The minimum Gasteiger partial charge on any atom is -0.480 e. The average Bonchev–Trinajstić information content (AvgIpc) is 2.79. The number of amides is 2. The highest BCUT2D eigenvalue weighted by atomic mass is 16.4. The molecule has 22 heavy (non-hydrogen) atoms. The van der Waals surface area contributed by atoms with Crippen LogP contribution in [0, 0.1) is 6.92 Å². The summed E-state index contributed by atoms with van der Waals surface area (Å²) in [6.07, 6.45) is 0. The molecule has 0 aliphatic heterocycles. The first-order valence-corrected chi connectivity index (χ1v) is 7.19. The quantitative estimate of drug-likeness (QED) is 0.888. The maximum Gasteiger partial charge on any atom is 0.325 e. The number of aliphatic carboxylic acids is 1. The summed E-state index contributed by atoms with van der Waals surface area (Å²) in [4.78, 5) is 24.2. The topological polar surface area (TPSA) is 74.6 Å². The van der Waals surface area contributed by atoms with Crippen molar-refractivity contribution in [1.29, 1.82) is 0 Å². The summed E-state index contributed by atoms with van der Waals surface area (Å²) in [6.45, 7) is 4.63. The molecule has 1 heterocycles. The number of aryl methyl sites for hydroxylation is 1. The second-order valence-corrected chi connectivity index (χ2v) is 5.43. The average molecular weight is 303 g/mol. The first-order chi connectivity index (χ1) is 10.4. The molecule has 0 aliphatic carbocycles. The van der Waals surface area contributed by atoms with Crippen molar-refractivity contribution in [3.63, 3.8) is 0 Å². The van der Waals surface area contributed by atoms with Gasteiger partial charge in [-0.3, -0.25) is 4.79 Å². The summed E-state index contributed by atoms with van der Waals surface area (Å²) in [5.41, 5.74) is 2.27. The molecule has 6 nitrogen and oxygen atoms in total. The van der Waals surface area contributed by atoms with Crippen LogP contribution in [0.3, 0.4) is 0 Å². The molecule has 0 saturated carbocycles. The number of urea groups is 1. The van der Waals surface area contributed by atoms with Crippen molar-refractivity contribution in [2.75, 3.05) is 13.6 Å². The molecular formula is C16H21N3O3. The third-order valence-corrected chi connectivity index (χ3v) is 3.73. The van der Waals surface area contributed by atoms with E-state index in [1.165, 1.54) is 17.2 Å². The number of carbonyl (C=O) groups excluding carboxylic acids is 1. The number of carboxylic acids is 1. The molecular weight excluding hydrogens is 282 g/mol. The van der Waals surface area contributed by atoms with E-state index in [0.717, 1.165) is 11.2 Å². The fourth-order valence-electron chi connectivity index (χ4n) is 2.35. The molecule has 0 saturated heterocycles. The van der Waals surface area contributed by atoms with Crippen LogP contribution in [0.2, 0.25) is 0 Å². The highest BCUT2D eigenvalue weighted by Crippen LogP contribution is 2.18. The summed E-state index contributed by atoms with van der Waals surface area (Å²) in [7, 11) is 1.66. The Balaban J connectivity index is 2.01. The number of carbonyl (C=O) groups is 2. The molecule has 0 fully saturated rings. The molecule has 6 heteroatoms. The van der Waals surface area contributed by atoms with Gasteiger partial charge in [0.05, 0.1) is 0 Å². The van der Waals surface area contributed by atoms with Crippen molar-refractivity contribution in [2.24, 2.45) is 0 Å². The molecule has 2 rings (SSSR count). The Kier molecular flexibility index (Phi) is 4.70. The van der Waals surface area contributed by atoms with E-state index in [-0.39, 0.29) is 6.03 Å². The Morgan fingerprint density at radius 3 is 2.73 bits per heavy atom. The van der Waals surface area contributed by atoms with E-state index in [0.29, 0.717) is 13.1 Å². The third kappa shape index (κ3) is 3.39. The van der Waals surface area contributed by atoms with Gasteiger partial charge in [-0.1, -0.05) is 18.2 Å². The Labute approximate surface area is 129 Å². The monoisotopic (exact) mass is 303 g/mol. The molecule has 0 aliphatic rings. The maximum atomic E-state index is 11.9. The zero-order chi connectivity index (χ0) is 16.3. The number of benzene rings is 1. The minimum absolute atomic E-state index is 0.385. The number of fused-ring (bicyclic) bond motifs is 1. The Morgan fingerprint density at radius 2 is 2.05 bits per heavy atom. The fraction of sp³-hybridized carbons (Fsp3) is 0.375. The molecule has 0 radical (unpaired) electrons. The van der Waals surface area contributed by atoms with Gasteiger partial charge in [0.1, 0.15) is 6.04 Å². The van der Waals surface area contributed by atoms with E-state index in [1.54, 1.807) is 7.05 Å². The lowest BCUT2D eigenvalue weighted by Crippen LogP contribution is -2.45. The highest BCUT2D eigenvalue weighted by molar-refractivity contribution is 5.82. The number of hydrogen-bond donors (Lipinski definition) is 2. The molecule has 0 bridgehead atoms. The molecule has 2 N–H and O–H groups in total. The van der Waals surface area contributed by atoms with Crippen LogP contribution in [0.15, 0.2) is 30.3 Å². The number of nitrogens with one attached hydrogen (secondary N) is 1. The first-order valence-electron chi connectivity index (χ1n) is 7.19. The molecule has 1 unspecified atom stereocenters. The van der Waals surface area contributed by atoms with E-state index < -0.39 is 12.0 Å². The zero-order valence-electron chi connectivity index (χ0n) is 13.0. The van der Waals surface area contributed by atoms with Gasteiger partial charge in [0.25, 0.3) is 0 Å². The van der Waals surface area contributed by atoms with Crippen LogP contribution in [0.5, 0.6) is 0 Å². The number of rotatable bonds is 5. The summed E-state index contributed by atoms with van der Waals surface area (Å²) in [6, 6.07) is 8.93. The number of likely N-dealkylation sites (N-methyl/N-ethyl adjacent to an activating group) is 1. The van der Waals surface area contributed by atoms with Gasteiger partial charge in [-0.05, 0) is 31.4 Å². The first kappa shape index (κ1) is 15.9. The van der Waals surface area contributed by atoms with Crippen LogP contribution in [0.25, 0.3) is 10.9 Å². The highest BCUT2D eigenvalue weighted by Gasteiger charge is 2.17. The van der Waals surface area contributed by atoms with Crippen LogP contribution in [0.1, 0.15) is 12.6 Å². The van der Waals surface area contributed by atoms with E-state index in [1.807, 2.05) is 19.1 Å². The molecule has 0 spiro atoms. The van der Waals surface area contributed by atoms with E-state index in [9.17, 15) is 9.59 Å². The Bertz CT molecular complexity index is 693. The van der Waals surface area contributed by atoms with Crippen LogP contribution < -0.4 is 5.32 Å². The number of nitrogens with zero attached hydrogens (tertiary/aromatic N) is 2. The molecule has 1 atom stereocenters. The van der Waals surface area contributed by atoms with Crippen LogP contribution >= 0.6 is 0 Å². The van der Waals surface area contributed by atoms with Crippen molar-refractivity contribution in [3.05, 3.63) is 36.0 Å². The molecule has 1 aromatic heterocycles. The summed E-state index contributed by atoms with van der Waals surface area (Å²) in [5.74, 6) is -1.05. The van der Waals surface area contributed by atoms with Gasteiger partial charge >= 0.3 is 12.0 Å². The summed E-state index contributed by atoms with van der Waals surface area (Å²) in [5, 5.41) is 12.4. The molecule has 1 aromatic carbocycles. The van der Waals surface area contributed by atoms with Gasteiger partial charge in [-0.25, -0.2) is 4.79 Å². The minimum atomic E-state index is -1.05. The van der Waals surface area contributed by atoms with Gasteiger partial charge in [-0.15, -0.1) is 0 Å². The van der Waals surface area contributed by atoms with Gasteiger partial charge in [0.2, 0.25) is 0 Å². The van der Waals surface area contributed by atoms with Crippen molar-refractivity contribution in [1.82, 2.24) is 14.8 Å². The fourth-order valence-corrected chi connectivity index (χ4v) is 2.35. The maximum absolute atomic E-state index is 11.9. The smallest absolute Gasteiger partial charge is 0.325 e. The normalized spacial score (nSPS) is 12.1. The second-order valence-electron chi connectivity index (χ2n) is 5.43. The molecule has 118 valence electrons. The Morgan fingerprint density at radius 1 is 1.36 bits per heavy atom. The largest absolute Gasteiger partial charge is 0.480 e. The number of aromatic nitrogens is 1. The van der Waals surface area contributed by atoms with Crippen LogP contribution in [0.4, 0.5) is 4.79 Å². The molecule has 2 amide bonds. The summed E-state index contributed by atoms with van der Waals surface area (Å²) >= 11 is 0. The van der Waals surface area contributed by atoms with Crippen LogP contribution in [-0.4, -0.2) is 46.2 Å². The van der Waals surface area contributed by atoms with E-state index >= 15 is 0 Å². The number of carboxylic acid groups (broad SMARTS) is 1. The lowest BCUT2D eigenvalue weighted by Gasteiger charge is -2.20. The van der Waals surface area contributed by atoms with Crippen molar-refractivity contribution < 1.29 is 14.7 Å². The van der Waals surface area contributed by atoms with Gasteiger partial charge in [0.15, 0.2) is 0 Å². The van der Waals surface area contributed by atoms with Gasteiger partial charge in [0, 0.05) is 31.3 Å². The Hall–Kier alpha value is -2.50. The van der Waals surface area contributed by atoms with Crippen molar-refractivity contribution in [2.45, 2.75) is 26.4 Å². The summed E-state index contributed by atoms with van der Waals surface area (Å²) < 4.78 is 2.15. The lowest BCUT2D eigenvalue weighted by atomic mass is 10.2. The molecule has 2 aromatic rings.